The minimum absolute atomic E-state index is 0.126. The quantitative estimate of drug-likeness (QED) is 0.289. The van der Waals surface area contributed by atoms with Crippen molar-refractivity contribution in [1.29, 1.82) is 0 Å². The Balaban J connectivity index is 5.06. The second kappa shape index (κ2) is 8.04. The van der Waals surface area contributed by atoms with Crippen molar-refractivity contribution in [2.75, 3.05) is 6.79 Å². The topological polar surface area (TPSA) is 77.4 Å². The van der Waals surface area contributed by atoms with Crippen molar-refractivity contribution in [3.63, 3.8) is 0 Å². The van der Waals surface area contributed by atoms with Crippen molar-refractivity contribution < 1.29 is 30.1 Å². The Hall–Kier alpha value is -0.240. The van der Waals surface area contributed by atoms with E-state index in [9.17, 15) is 5.26 Å². The molecule has 0 bridgehead atoms. The van der Waals surface area contributed by atoms with Gasteiger partial charge < -0.3 is 0 Å². The highest BCUT2D eigenvalue weighted by atomic mass is 17.3. The van der Waals surface area contributed by atoms with Gasteiger partial charge in [-0.05, 0) is 11.8 Å². The summed E-state index contributed by atoms with van der Waals surface area (Å²) >= 11 is 0. The Bertz CT molecular complexity index is 205. The van der Waals surface area contributed by atoms with Crippen molar-refractivity contribution >= 4 is 0 Å². The molecule has 2 N–H and O–H groups in total. The minimum atomic E-state index is -1.30. The van der Waals surface area contributed by atoms with Crippen LogP contribution < -0.4 is 0 Å². The highest BCUT2D eigenvalue weighted by molar-refractivity contribution is 4.84. The molecular weight excluding hydrogens is 240 g/mol. The number of hydrogen-bond acceptors (Lipinski definition) is 6. The van der Waals surface area contributed by atoms with Crippen LogP contribution >= 0.6 is 0 Å². The zero-order valence-electron chi connectivity index (χ0n) is 12.0. The maximum absolute atomic E-state index is 9.31. The van der Waals surface area contributed by atoms with Gasteiger partial charge in [0.1, 0.15) is 0 Å². The lowest BCUT2D eigenvalue weighted by atomic mass is 9.77. The van der Waals surface area contributed by atoms with Crippen LogP contribution in [0.4, 0.5) is 0 Å². The van der Waals surface area contributed by atoms with Crippen LogP contribution in [0.15, 0.2) is 0 Å². The van der Waals surface area contributed by atoms with Crippen molar-refractivity contribution in [3.8, 4) is 0 Å². The zero-order chi connectivity index (χ0) is 14.3. The molecule has 0 heterocycles. The van der Waals surface area contributed by atoms with Crippen LogP contribution in [0.3, 0.4) is 0 Å². The van der Waals surface area contributed by atoms with Crippen LogP contribution in [0.2, 0.25) is 0 Å². The molecule has 0 spiro atoms. The van der Waals surface area contributed by atoms with Crippen LogP contribution in [0.5, 0.6) is 0 Å². The van der Waals surface area contributed by atoms with Crippen molar-refractivity contribution in [1.82, 2.24) is 0 Å². The summed E-state index contributed by atoms with van der Waals surface area (Å²) < 4.78 is 0. The molecule has 0 aromatic heterocycles. The van der Waals surface area contributed by atoms with Crippen LogP contribution in [-0.4, -0.2) is 23.1 Å². The van der Waals surface area contributed by atoms with Gasteiger partial charge in [-0.15, -0.1) is 0 Å². The first-order valence-corrected chi connectivity index (χ1v) is 6.23. The highest BCUT2D eigenvalue weighted by Gasteiger charge is 2.48. The van der Waals surface area contributed by atoms with Crippen molar-refractivity contribution in [2.45, 2.75) is 47.3 Å². The molecule has 2 atom stereocenters. The first-order valence-electron chi connectivity index (χ1n) is 6.23. The summed E-state index contributed by atoms with van der Waals surface area (Å²) in [6.07, 6.45) is 0. The van der Waals surface area contributed by atoms with E-state index in [0.29, 0.717) is 0 Å². The summed E-state index contributed by atoms with van der Waals surface area (Å²) in [4.78, 5) is 18.4. The number of hydrogen-bond donors (Lipinski definition) is 2. The Labute approximate surface area is 109 Å². The van der Waals surface area contributed by atoms with Gasteiger partial charge in [0.05, 0.1) is 0 Å². The van der Waals surface area contributed by atoms with E-state index in [0.717, 1.165) is 0 Å². The largest absolute Gasteiger partial charge is 0.249 e. The van der Waals surface area contributed by atoms with Crippen LogP contribution in [0.1, 0.15) is 41.5 Å². The van der Waals surface area contributed by atoms with E-state index in [1.165, 1.54) is 0 Å². The smallest absolute Gasteiger partial charge is 0.239 e. The van der Waals surface area contributed by atoms with E-state index in [1.807, 2.05) is 41.5 Å². The summed E-state index contributed by atoms with van der Waals surface area (Å²) in [5.41, 5.74) is 0. The third-order valence-corrected chi connectivity index (χ3v) is 3.70. The molecule has 0 aliphatic heterocycles. The van der Waals surface area contributed by atoms with Crippen LogP contribution in [0, 0.1) is 23.7 Å². The maximum Gasteiger partial charge on any atom is 0.239 e. The van der Waals surface area contributed by atoms with Gasteiger partial charge in [-0.1, -0.05) is 41.5 Å². The predicted molar refractivity (Wildman–Crippen MR) is 65.2 cm³/mol. The summed E-state index contributed by atoms with van der Waals surface area (Å²) in [5.74, 6) is -1.15. The van der Waals surface area contributed by atoms with Gasteiger partial charge in [-0.25, -0.2) is 25.2 Å². The molecule has 6 heteroatoms. The van der Waals surface area contributed by atoms with E-state index in [-0.39, 0.29) is 23.7 Å². The zero-order valence-corrected chi connectivity index (χ0v) is 12.0. The molecule has 0 aromatic rings. The Morgan fingerprint density at radius 3 is 1.61 bits per heavy atom. The van der Waals surface area contributed by atoms with Gasteiger partial charge >= 0.3 is 0 Å². The average molecular weight is 266 g/mol. The molecule has 6 nitrogen and oxygen atoms in total. The van der Waals surface area contributed by atoms with Gasteiger partial charge in [-0.3, -0.25) is 0 Å². The van der Waals surface area contributed by atoms with Gasteiger partial charge in [0.15, 0.2) is 0 Å². The molecule has 0 aliphatic carbocycles. The molecule has 0 fully saturated rings. The summed E-state index contributed by atoms with van der Waals surface area (Å²) in [6, 6.07) is 0. The van der Waals surface area contributed by atoms with Crippen LogP contribution in [-0.2, 0) is 19.6 Å². The van der Waals surface area contributed by atoms with Crippen molar-refractivity contribution in [2.24, 2.45) is 23.7 Å². The second-order valence-corrected chi connectivity index (χ2v) is 5.33. The van der Waals surface area contributed by atoms with E-state index in [1.54, 1.807) is 0 Å². The fourth-order valence-corrected chi connectivity index (χ4v) is 1.81. The molecule has 18 heavy (non-hydrogen) atoms. The van der Waals surface area contributed by atoms with E-state index in [2.05, 4.69) is 9.78 Å². The molecular formula is C12H26O6. The standard InChI is InChI=1S/C12H26O6/c1-8(2)10(5)12(17-14,11(6)9(3)4)18-16-7-15-13/h8-11,13-14H,7H2,1-6H3. The van der Waals surface area contributed by atoms with Crippen molar-refractivity contribution in [3.05, 3.63) is 0 Å². The van der Waals surface area contributed by atoms with Gasteiger partial charge in [0.2, 0.25) is 12.6 Å². The van der Waals surface area contributed by atoms with E-state index >= 15 is 0 Å². The molecule has 0 rings (SSSR count). The van der Waals surface area contributed by atoms with Gasteiger partial charge in [-0.2, -0.15) is 4.89 Å². The summed E-state index contributed by atoms with van der Waals surface area (Å²) in [6.45, 7) is 11.3. The average Bonchev–Trinajstić information content (AvgIpc) is 2.33. The molecule has 0 radical (unpaired) electrons. The summed E-state index contributed by atoms with van der Waals surface area (Å²) in [5, 5.41) is 17.5. The molecule has 0 amide bonds. The maximum atomic E-state index is 9.31. The lowest BCUT2D eigenvalue weighted by molar-refractivity contribution is -0.547. The molecule has 0 saturated heterocycles. The Kier molecular flexibility index (Phi) is 7.93. The van der Waals surface area contributed by atoms with Gasteiger partial charge in [0, 0.05) is 11.8 Å². The molecule has 2 unspecified atom stereocenters. The molecule has 0 aromatic carbocycles. The third-order valence-electron chi connectivity index (χ3n) is 3.70. The monoisotopic (exact) mass is 266 g/mol. The first kappa shape index (κ1) is 17.8. The third kappa shape index (κ3) is 4.15. The Morgan fingerprint density at radius 2 is 1.33 bits per heavy atom. The van der Waals surface area contributed by atoms with E-state index < -0.39 is 12.6 Å². The van der Waals surface area contributed by atoms with Crippen LogP contribution in [0.25, 0.3) is 0 Å². The van der Waals surface area contributed by atoms with E-state index in [4.69, 9.17) is 15.0 Å². The molecule has 0 aliphatic rings. The first-order chi connectivity index (χ1) is 8.33. The number of rotatable bonds is 9. The fourth-order valence-electron chi connectivity index (χ4n) is 1.81. The Morgan fingerprint density at radius 1 is 0.889 bits per heavy atom. The predicted octanol–water partition coefficient (Wildman–Crippen LogP) is 3.15. The molecule has 110 valence electrons. The molecule has 0 saturated carbocycles. The SMILES string of the molecule is CC(C)C(C)C(OO)(OOCOO)C(C)C(C)C. The lowest BCUT2D eigenvalue weighted by Gasteiger charge is -2.41. The second-order valence-electron chi connectivity index (χ2n) is 5.33. The van der Waals surface area contributed by atoms with Gasteiger partial charge in [0.25, 0.3) is 0 Å². The fraction of sp³-hybridized carbons (Fsp3) is 1.00. The minimum Gasteiger partial charge on any atom is -0.249 e. The lowest BCUT2D eigenvalue weighted by Crippen LogP contribution is -2.51. The summed E-state index contributed by atoms with van der Waals surface area (Å²) in [7, 11) is 0. The normalized spacial score (nSPS) is 19.0. The highest BCUT2D eigenvalue weighted by Crippen LogP contribution is 2.39.